The second kappa shape index (κ2) is 5.57. The number of hydrogen-bond acceptors (Lipinski definition) is 3. The van der Waals surface area contributed by atoms with E-state index in [2.05, 4.69) is 35.6 Å². The molecule has 2 aliphatic rings. The molecule has 0 N–H and O–H groups in total. The van der Waals surface area contributed by atoms with E-state index >= 15 is 0 Å². The molecule has 0 aromatic rings. The molecule has 4 nitrogen and oxygen atoms in total. The van der Waals surface area contributed by atoms with Crippen LogP contribution in [0.3, 0.4) is 0 Å². The number of nitrogens with zero attached hydrogens (tertiary/aromatic N) is 3. The number of piperazine rings is 1. The lowest BCUT2D eigenvalue weighted by Gasteiger charge is -2.45. The van der Waals surface area contributed by atoms with Crippen molar-refractivity contribution in [1.82, 2.24) is 14.7 Å². The highest BCUT2D eigenvalue weighted by atomic mass is 16.2. The molecule has 0 saturated carbocycles. The lowest BCUT2D eigenvalue weighted by Crippen LogP contribution is -2.61. The molecule has 4 heteroatoms. The van der Waals surface area contributed by atoms with E-state index in [0.29, 0.717) is 5.91 Å². The predicted octanol–water partition coefficient (Wildman–Crippen LogP) is 1.02. The Balaban J connectivity index is 2.06. The van der Waals surface area contributed by atoms with E-state index in [1.54, 1.807) is 0 Å². The summed E-state index contributed by atoms with van der Waals surface area (Å²) >= 11 is 0. The van der Waals surface area contributed by atoms with Crippen molar-refractivity contribution in [3.8, 4) is 0 Å². The van der Waals surface area contributed by atoms with Crippen LogP contribution in [0.1, 0.15) is 33.1 Å². The number of rotatable bonds is 3. The predicted molar refractivity (Wildman–Crippen MR) is 73.6 cm³/mol. The quantitative estimate of drug-likeness (QED) is 0.751. The van der Waals surface area contributed by atoms with Crippen LogP contribution in [0.15, 0.2) is 0 Å². The fraction of sp³-hybridized carbons (Fsp3) is 0.929. The summed E-state index contributed by atoms with van der Waals surface area (Å²) in [7, 11) is 2.16. The van der Waals surface area contributed by atoms with Gasteiger partial charge < -0.3 is 9.80 Å². The van der Waals surface area contributed by atoms with Crippen molar-refractivity contribution in [3.63, 3.8) is 0 Å². The molecule has 0 aromatic heterocycles. The highest BCUT2D eigenvalue weighted by Gasteiger charge is 2.41. The summed E-state index contributed by atoms with van der Waals surface area (Å²) in [5, 5.41) is 0. The fourth-order valence-corrected chi connectivity index (χ4v) is 3.07. The van der Waals surface area contributed by atoms with E-state index in [1.807, 2.05) is 0 Å². The van der Waals surface area contributed by atoms with Crippen LogP contribution in [0.2, 0.25) is 0 Å². The van der Waals surface area contributed by atoms with Crippen LogP contribution in [0.5, 0.6) is 0 Å². The van der Waals surface area contributed by atoms with Gasteiger partial charge in [0.05, 0.1) is 5.54 Å². The molecule has 0 radical (unpaired) electrons. The zero-order valence-corrected chi connectivity index (χ0v) is 12.1. The molecule has 0 aliphatic carbocycles. The van der Waals surface area contributed by atoms with Crippen molar-refractivity contribution in [3.05, 3.63) is 0 Å². The van der Waals surface area contributed by atoms with Crippen molar-refractivity contribution in [2.24, 2.45) is 0 Å². The maximum atomic E-state index is 12.7. The maximum Gasteiger partial charge on any atom is 0.242 e. The van der Waals surface area contributed by atoms with Crippen molar-refractivity contribution < 1.29 is 4.79 Å². The van der Waals surface area contributed by atoms with Crippen molar-refractivity contribution in [2.75, 3.05) is 46.3 Å². The molecule has 0 aromatic carbocycles. The number of hydrogen-bond donors (Lipinski definition) is 0. The monoisotopic (exact) mass is 253 g/mol. The third-order valence-electron chi connectivity index (χ3n) is 4.74. The molecule has 1 atom stereocenters. The molecular formula is C14H27N3O. The van der Waals surface area contributed by atoms with Gasteiger partial charge in [-0.3, -0.25) is 9.69 Å². The van der Waals surface area contributed by atoms with Gasteiger partial charge in [0.15, 0.2) is 0 Å². The summed E-state index contributed by atoms with van der Waals surface area (Å²) in [5.74, 6) is 0.354. The Morgan fingerprint density at radius 3 is 2.11 bits per heavy atom. The molecule has 18 heavy (non-hydrogen) atoms. The van der Waals surface area contributed by atoms with Gasteiger partial charge in [-0.05, 0) is 33.2 Å². The number of carbonyl (C=O) groups excluding carboxylic acids is 1. The van der Waals surface area contributed by atoms with Crippen LogP contribution in [0.25, 0.3) is 0 Å². The first kappa shape index (κ1) is 13.8. The van der Waals surface area contributed by atoms with Crippen LogP contribution in [0, 0.1) is 0 Å². The Bertz CT molecular complexity index is 293. The van der Waals surface area contributed by atoms with Gasteiger partial charge in [-0.25, -0.2) is 0 Å². The molecule has 1 amide bonds. The SMILES string of the molecule is CCC(C)(C(=O)N1CCCC1)N1CCN(C)CC1. The normalized spacial score (nSPS) is 26.3. The average Bonchev–Trinajstić information content (AvgIpc) is 2.91. The van der Waals surface area contributed by atoms with Crippen LogP contribution in [-0.2, 0) is 4.79 Å². The van der Waals surface area contributed by atoms with Gasteiger partial charge >= 0.3 is 0 Å². The standard InChI is InChI=1S/C14H27N3O/c1-4-14(2,13(18)16-7-5-6-8-16)17-11-9-15(3)10-12-17/h4-12H2,1-3H3. The summed E-state index contributed by atoms with van der Waals surface area (Å²) in [6, 6.07) is 0. The topological polar surface area (TPSA) is 26.8 Å². The molecule has 2 fully saturated rings. The van der Waals surface area contributed by atoms with Crippen LogP contribution in [-0.4, -0.2) is 72.5 Å². The Hall–Kier alpha value is -0.610. The van der Waals surface area contributed by atoms with E-state index in [0.717, 1.165) is 45.7 Å². The van der Waals surface area contributed by atoms with Gasteiger partial charge in [-0.1, -0.05) is 6.92 Å². The Labute approximate surface area is 111 Å². The Morgan fingerprint density at radius 1 is 1.06 bits per heavy atom. The number of carbonyl (C=O) groups is 1. The van der Waals surface area contributed by atoms with E-state index in [9.17, 15) is 4.79 Å². The van der Waals surface area contributed by atoms with E-state index in [-0.39, 0.29) is 5.54 Å². The van der Waals surface area contributed by atoms with Crippen LogP contribution in [0.4, 0.5) is 0 Å². The van der Waals surface area contributed by atoms with Crippen LogP contribution >= 0.6 is 0 Å². The molecule has 1 unspecified atom stereocenters. The van der Waals surface area contributed by atoms with E-state index in [4.69, 9.17) is 0 Å². The molecule has 0 bridgehead atoms. The summed E-state index contributed by atoms with van der Waals surface area (Å²) in [6.45, 7) is 10.4. The molecular weight excluding hydrogens is 226 g/mol. The number of likely N-dealkylation sites (N-methyl/N-ethyl adjacent to an activating group) is 1. The van der Waals surface area contributed by atoms with E-state index < -0.39 is 0 Å². The lowest BCUT2D eigenvalue weighted by atomic mass is 9.93. The van der Waals surface area contributed by atoms with Crippen molar-refractivity contribution >= 4 is 5.91 Å². The lowest BCUT2D eigenvalue weighted by molar-refractivity contribution is -0.144. The smallest absolute Gasteiger partial charge is 0.242 e. The highest BCUT2D eigenvalue weighted by molar-refractivity contribution is 5.86. The first-order valence-electron chi connectivity index (χ1n) is 7.31. The third-order valence-corrected chi connectivity index (χ3v) is 4.74. The molecule has 2 aliphatic heterocycles. The minimum absolute atomic E-state index is 0.286. The van der Waals surface area contributed by atoms with Gasteiger partial charge in [0, 0.05) is 39.3 Å². The Kier molecular flexibility index (Phi) is 4.28. The highest BCUT2D eigenvalue weighted by Crippen LogP contribution is 2.25. The number of amides is 1. The second-order valence-electron chi connectivity index (χ2n) is 5.92. The first-order chi connectivity index (χ1) is 8.58. The fourth-order valence-electron chi connectivity index (χ4n) is 3.07. The Morgan fingerprint density at radius 2 is 1.61 bits per heavy atom. The van der Waals surface area contributed by atoms with E-state index in [1.165, 1.54) is 12.8 Å². The third kappa shape index (κ3) is 2.54. The summed E-state index contributed by atoms with van der Waals surface area (Å²) in [4.78, 5) is 19.6. The van der Waals surface area contributed by atoms with Gasteiger partial charge in [-0.2, -0.15) is 0 Å². The molecule has 2 rings (SSSR count). The number of likely N-dealkylation sites (tertiary alicyclic amines) is 1. The van der Waals surface area contributed by atoms with Crippen molar-refractivity contribution in [1.29, 1.82) is 0 Å². The van der Waals surface area contributed by atoms with Gasteiger partial charge in [0.2, 0.25) is 5.91 Å². The largest absolute Gasteiger partial charge is 0.341 e. The van der Waals surface area contributed by atoms with Crippen LogP contribution < -0.4 is 0 Å². The molecule has 2 heterocycles. The molecule has 0 spiro atoms. The zero-order valence-electron chi connectivity index (χ0n) is 12.1. The average molecular weight is 253 g/mol. The molecule has 2 saturated heterocycles. The minimum atomic E-state index is -0.286. The minimum Gasteiger partial charge on any atom is -0.341 e. The maximum absolute atomic E-state index is 12.7. The summed E-state index contributed by atoms with van der Waals surface area (Å²) < 4.78 is 0. The van der Waals surface area contributed by atoms with Gasteiger partial charge in [0.1, 0.15) is 0 Å². The zero-order chi connectivity index (χ0) is 13.2. The van der Waals surface area contributed by atoms with Gasteiger partial charge in [0.25, 0.3) is 0 Å². The van der Waals surface area contributed by atoms with Crippen molar-refractivity contribution in [2.45, 2.75) is 38.6 Å². The first-order valence-corrected chi connectivity index (χ1v) is 7.31. The summed E-state index contributed by atoms with van der Waals surface area (Å²) in [6.07, 6.45) is 3.26. The van der Waals surface area contributed by atoms with Gasteiger partial charge in [-0.15, -0.1) is 0 Å². The summed E-state index contributed by atoms with van der Waals surface area (Å²) in [5.41, 5.74) is -0.286. The second-order valence-corrected chi connectivity index (χ2v) is 5.92. The molecule has 104 valence electrons.